The van der Waals surface area contributed by atoms with Gasteiger partial charge in [-0.25, -0.2) is 5.84 Å². The van der Waals surface area contributed by atoms with Crippen LogP contribution in [0.5, 0.6) is 0 Å². The summed E-state index contributed by atoms with van der Waals surface area (Å²) in [4.78, 5) is 18.3. The van der Waals surface area contributed by atoms with E-state index in [0.717, 1.165) is 31.2 Å². The normalized spacial score (nSPS) is 15.5. The maximum absolute atomic E-state index is 12.1. The fourth-order valence-electron chi connectivity index (χ4n) is 3.37. The average Bonchev–Trinajstić information content (AvgIpc) is 3.15. The van der Waals surface area contributed by atoms with Crippen molar-refractivity contribution in [2.45, 2.75) is 33.2 Å². The molecule has 0 fully saturated rings. The molecule has 1 aromatic carbocycles. The zero-order valence-corrected chi connectivity index (χ0v) is 18.6. The number of hydrazine groups is 1. The summed E-state index contributed by atoms with van der Waals surface area (Å²) in [5.74, 6) is 6.47. The Morgan fingerprint density at radius 1 is 1.25 bits per heavy atom. The maximum Gasteiger partial charge on any atom is 0.236 e. The van der Waals surface area contributed by atoms with Crippen LogP contribution in [0, 0.1) is 24.3 Å². The molecule has 0 unspecified atom stereocenters. The Hall–Kier alpha value is -2.11. The van der Waals surface area contributed by atoms with Gasteiger partial charge in [0.2, 0.25) is 5.91 Å². The summed E-state index contributed by atoms with van der Waals surface area (Å²) in [6.45, 7) is 6.14. The van der Waals surface area contributed by atoms with Crippen LogP contribution in [0.4, 0.5) is 0 Å². The molecule has 7 nitrogen and oxygen atoms in total. The highest BCUT2D eigenvalue weighted by Crippen LogP contribution is 2.39. The molecule has 9 heteroatoms. The van der Waals surface area contributed by atoms with Gasteiger partial charge >= 0.3 is 0 Å². The number of aryl methyl sites for hydroxylation is 2. The predicted octanol–water partition coefficient (Wildman–Crippen LogP) is 3.13. The van der Waals surface area contributed by atoms with Crippen molar-refractivity contribution in [2.75, 3.05) is 0 Å². The molecular weight excluding hydrogens is 487 g/mol. The minimum Gasteiger partial charge on any atom is -0.294 e. The Labute approximate surface area is 180 Å². The van der Waals surface area contributed by atoms with Gasteiger partial charge in [-0.05, 0) is 61.1 Å². The van der Waals surface area contributed by atoms with Gasteiger partial charge in [-0.15, -0.1) is 21.5 Å². The van der Waals surface area contributed by atoms with Crippen LogP contribution in [-0.2, 0) is 4.79 Å². The van der Waals surface area contributed by atoms with Crippen molar-refractivity contribution in [1.29, 1.82) is 0 Å². The van der Waals surface area contributed by atoms with Gasteiger partial charge in [0.05, 0.1) is 12.1 Å². The molecule has 0 bridgehead atoms. The number of hydrogen-bond acceptors (Lipinski definition) is 6. The Morgan fingerprint density at radius 3 is 2.64 bits per heavy atom. The summed E-state index contributed by atoms with van der Waals surface area (Å²) in [7, 11) is 0. The van der Waals surface area contributed by atoms with Gasteiger partial charge in [0, 0.05) is 19.6 Å². The first kappa shape index (κ1) is 19.2. The maximum atomic E-state index is 12.1. The number of aliphatic imine (C=N–C) groups is 1. The summed E-state index contributed by atoms with van der Waals surface area (Å²) in [5.41, 5.74) is 6.34. The number of nitrogens with two attached hydrogens (primary N) is 1. The number of aromatic nitrogens is 3. The molecule has 0 spiro atoms. The quantitative estimate of drug-likeness (QED) is 0.247. The largest absolute Gasteiger partial charge is 0.294 e. The molecule has 4 rings (SSSR count). The van der Waals surface area contributed by atoms with E-state index < -0.39 is 6.04 Å². The molecule has 1 aliphatic rings. The Bertz CT molecular complexity index is 1100. The number of carbonyl (C=O) groups is 1. The summed E-state index contributed by atoms with van der Waals surface area (Å²) >= 11 is 3.98. The Balaban J connectivity index is 2.01. The van der Waals surface area contributed by atoms with E-state index in [1.54, 1.807) is 11.3 Å². The molecule has 3 N–H and O–H groups in total. The lowest BCUT2D eigenvalue weighted by atomic mass is 9.99. The van der Waals surface area contributed by atoms with Crippen LogP contribution in [0.25, 0.3) is 5.00 Å². The fourth-order valence-corrected chi connectivity index (χ4v) is 4.94. The van der Waals surface area contributed by atoms with Gasteiger partial charge < -0.3 is 0 Å². The predicted molar refractivity (Wildman–Crippen MR) is 118 cm³/mol. The zero-order valence-electron chi connectivity index (χ0n) is 15.7. The number of amides is 1. The van der Waals surface area contributed by atoms with E-state index in [-0.39, 0.29) is 12.3 Å². The molecule has 0 aliphatic carbocycles. The summed E-state index contributed by atoms with van der Waals surface area (Å²) in [5, 5.41) is 9.65. The van der Waals surface area contributed by atoms with Gasteiger partial charge in [-0.3, -0.25) is 19.8 Å². The average molecular weight is 506 g/mol. The molecule has 0 radical (unpaired) electrons. The van der Waals surface area contributed by atoms with Crippen LogP contribution >= 0.6 is 33.9 Å². The van der Waals surface area contributed by atoms with Crippen molar-refractivity contribution in [3.8, 4) is 5.00 Å². The first-order valence-electron chi connectivity index (χ1n) is 8.76. The van der Waals surface area contributed by atoms with Crippen LogP contribution in [0.1, 0.15) is 45.7 Å². The second kappa shape index (κ2) is 7.37. The second-order valence-electron chi connectivity index (χ2n) is 6.68. The number of nitrogens with one attached hydrogen (secondary N) is 1. The van der Waals surface area contributed by atoms with Crippen molar-refractivity contribution in [2.24, 2.45) is 10.8 Å². The number of carbonyl (C=O) groups excluding carboxylic acids is 1. The molecule has 0 saturated carbocycles. The van der Waals surface area contributed by atoms with Gasteiger partial charge in [0.1, 0.15) is 16.9 Å². The van der Waals surface area contributed by atoms with E-state index in [1.807, 2.05) is 11.5 Å². The van der Waals surface area contributed by atoms with Crippen LogP contribution in [-0.4, -0.2) is 26.4 Å². The van der Waals surface area contributed by atoms with Crippen molar-refractivity contribution >= 4 is 45.5 Å². The number of rotatable bonds is 3. The molecule has 0 saturated heterocycles. The number of nitrogens with zero attached hydrogens (tertiary/aromatic N) is 4. The highest BCUT2D eigenvalue weighted by Gasteiger charge is 2.32. The van der Waals surface area contributed by atoms with Gasteiger partial charge in [-0.2, -0.15) is 0 Å². The van der Waals surface area contributed by atoms with Crippen molar-refractivity contribution < 1.29 is 4.79 Å². The zero-order chi connectivity index (χ0) is 20.0. The molecule has 3 heterocycles. The highest BCUT2D eigenvalue weighted by molar-refractivity contribution is 14.1. The third-order valence-electron chi connectivity index (χ3n) is 4.90. The number of halogens is 1. The molecule has 3 aromatic rings. The van der Waals surface area contributed by atoms with Crippen molar-refractivity contribution in [3.63, 3.8) is 0 Å². The Kier molecular flexibility index (Phi) is 5.06. The Morgan fingerprint density at radius 2 is 1.96 bits per heavy atom. The highest BCUT2D eigenvalue weighted by atomic mass is 127. The smallest absolute Gasteiger partial charge is 0.236 e. The van der Waals surface area contributed by atoms with E-state index in [0.29, 0.717) is 5.82 Å². The van der Waals surface area contributed by atoms with E-state index in [1.165, 1.54) is 10.4 Å². The van der Waals surface area contributed by atoms with Crippen LogP contribution < -0.4 is 11.3 Å². The third kappa shape index (κ3) is 3.16. The molecule has 1 atom stereocenters. The van der Waals surface area contributed by atoms with E-state index in [4.69, 9.17) is 10.8 Å². The first-order chi connectivity index (χ1) is 13.4. The minimum absolute atomic E-state index is 0.107. The summed E-state index contributed by atoms with van der Waals surface area (Å²) < 4.78 is 3.18. The monoisotopic (exact) mass is 506 g/mol. The lowest BCUT2D eigenvalue weighted by molar-refractivity contribution is -0.121. The lowest BCUT2D eigenvalue weighted by Gasteiger charge is -2.12. The minimum atomic E-state index is -0.474. The fraction of sp³-hybridized carbons (Fsp3) is 0.263. The molecule has 28 heavy (non-hydrogen) atoms. The van der Waals surface area contributed by atoms with Crippen molar-refractivity contribution in [1.82, 2.24) is 20.2 Å². The van der Waals surface area contributed by atoms with Gasteiger partial charge in [0.25, 0.3) is 0 Å². The van der Waals surface area contributed by atoms with Crippen LogP contribution in [0.3, 0.4) is 0 Å². The van der Waals surface area contributed by atoms with Crippen LogP contribution in [0.2, 0.25) is 0 Å². The summed E-state index contributed by atoms with van der Waals surface area (Å²) in [6.07, 6.45) is 0.107. The number of thiophene rings is 1. The molecule has 1 amide bonds. The summed E-state index contributed by atoms with van der Waals surface area (Å²) in [6, 6.07) is 7.78. The first-order valence-corrected chi connectivity index (χ1v) is 10.7. The van der Waals surface area contributed by atoms with Gasteiger partial charge in [0.15, 0.2) is 5.82 Å². The number of benzene rings is 1. The number of hydrogen-bond donors (Lipinski definition) is 2. The van der Waals surface area contributed by atoms with Crippen molar-refractivity contribution in [3.05, 3.63) is 61.1 Å². The van der Waals surface area contributed by atoms with E-state index in [2.05, 4.69) is 76.3 Å². The lowest BCUT2D eigenvalue weighted by Crippen LogP contribution is -2.31. The standard InChI is InChI=1S/C19H19IN6OS/c1-9-10(2)28-19-16(9)17(12-4-6-13(20)7-5-12)22-14(8-15(27)23-21)18-25-24-11(3)26(18)19/h4-7,14H,8,21H2,1-3H3,(H,23,27)/t14-/m0/s1. The van der Waals surface area contributed by atoms with Crippen LogP contribution in [0.15, 0.2) is 29.3 Å². The molecule has 1 aliphatic heterocycles. The molecular formula is C19H19IN6OS. The van der Waals surface area contributed by atoms with Gasteiger partial charge in [-0.1, -0.05) is 12.1 Å². The molecule has 144 valence electrons. The topological polar surface area (TPSA) is 98.2 Å². The van der Waals surface area contributed by atoms with E-state index >= 15 is 0 Å². The SMILES string of the molecule is Cc1sc2c(c1C)C(c1ccc(I)cc1)=N[C@@H](CC(=O)NN)c1nnc(C)n1-2. The van der Waals surface area contributed by atoms with E-state index in [9.17, 15) is 4.79 Å². The number of fused-ring (bicyclic) bond motifs is 3. The molecule has 2 aromatic heterocycles. The second-order valence-corrected chi connectivity index (χ2v) is 9.13. The third-order valence-corrected chi connectivity index (χ3v) is 6.81.